The fourth-order valence-corrected chi connectivity index (χ4v) is 1.30. The van der Waals surface area contributed by atoms with Crippen molar-refractivity contribution in [3.05, 3.63) is 12.2 Å². The summed E-state index contributed by atoms with van der Waals surface area (Å²) in [7, 11) is 0. The Morgan fingerprint density at radius 3 is 2.67 bits per heavy atom. The molecule has 0 radical (unpaired) electrons. The van der Waals surface area contributed by atoms with Crippen LogP contribution in [0.1, 0.15) is 13.3 Å². The molecule has 1 unspecified atom stereocenters. The van der Waals surface area contributed by atoms with E-state index in [1.165, 1.54) is 6.92 Å². The van der Waals surface area contributed by atoms with Gasteiger partial charge in [0.25, 0.3) is 5.72 Å². The maximum Gasteiger partial charge on any atom is 0.355 e. The second-order valence-corrected chi connectivity index (χ2v) is 3.46. The van der Waals surface area contributed by atoms with Crippen LogP contribution in [0.15, 0.2) is 12.2 Å². The van der Waals surface area contributed by atoms with Crippen molar-refractivity contribution in [2.24, 2.45) is 0 Å². The topological polar surface area (TPSA) is 95.9 Å². The number of carbonyl (C=O) groups excluding carboxylic acids is 1. The van der Waals surface area contributed by atoms with Crippen LogP contribution in [-0.4, -0.2) is 40.5 Å². The first kappa shape index (κ1) is 11.7. The second kappa shape index (κ2) is 4.00. The van der Waals surface area contributed by atoms with Crippen LogP contribution in [0, 0.1) is 0 Å². The van der Waals surface area contributed by atoms with Crippen LogP contribution in [0.2, 0.25) is 0 Å². The third-order valence-corrected chi connectivity index (χ3v) is 2.19. The number of nitrogens with one attached hydrogen (secondary N) is 1. The van der Waals surface area contributed by atoms with E-state index < -0.39 is 23.8 Å². The number of carbonyl (C=O) groups is 2. The summed E-state index contributed by atoms with van der Waals surface area (Å²) >= 11 is 0. The Labute approximate surface area is 86.5 Å². The Bertz CT molecular complexity index is 314. The Hall–Kier alpha value is -1.40. The van der Waals surface area contributed by atoms with Crippen molar-refractivity contribution in [2.75, 3.05) is 6.54 Å². The molecule has 0 saturated carbocycles. The van der Waals surface area contributed by atoms with Crippen LogP contribution in [0.25, 0.3) is 0 Å². The molecule has 1 fully saturated rings. The van der Waals surface area contributed by atoms with E-state index in [-0.39, 0.29) is 18.5 Å². The van der Waals surface area contributed by atoms with Crippen LogP contribution in [0.4, 0.5) is 0 Å². The standard InChI is InChI=1S/C9H13NO5/c1-5(2)7(11)15-6-3-4-10-9(6,14)8(12)13/h6,10,14H,1,3-4H2,2H3,(H,12,13)/t6?,9-/m1/s1. The zero-order valence-corrected chi connectivity index (χ0v) is 8.32. The molecule has 0 aromatic rings. The van der Waals surface area contributed by atoms with Crippen LogP contribution >= 0.6 is 0 Å². The minimum atomic E-state index is -2.19. The molecule has 15 heavy (non-hydrogen) atoms. The molecular formula is C9H13NO5. The lowest BCUT2D eigenvalue weighted by molar-refractivity contribution is -0.180. The summed E-state index contributed by atoms with van der Waals surface area (Å²) in [6.07, 6.45) is -0.832. The van der Waals surface area contributed by atoms with Gasteiger partial charge >= 0.3 is 11.9 Å². The van der Waals surface area contributed by atoms with Gasteiger partial charge in [0, 0.05) is 18.5 Å². The van der Waals surface area contributed by atoms with E-state index in [9.17, 15) is 14.7 Å². The molecular weight excluding hydrogens is 202 g/mol. The van der Waals surface area contributed by atoms with Crippen LogP contribution in [-0.2, 0) is 14.3 Å². The van der Waals surface area contributed by atoms with Crippen LogP contribution < -0.4 is 5.32 Å². The summed E-state index contributed by atoms with van der Waals surface area (Å²) in [5, 5.41) is 20.8. The van der Waals surface area contributed by atoms with Gasteiger partial charge in [0.2, 0.25) is 0 Å². The molecule has 1 aliphatic heterocycles. The number of esters is 1. The Morgan fingerprint density at radius 2 is 2.20 bits per heavy atom. The summed E-state index contributed by atoms with van der Waals surface area (Å²) in [5.41, 5.74) is -2.03. The van der Waals surface area contributed by atoms with Crippen molar-refractivity contribution < 1.29 is 24.5 Å². The first-order chi connectivity index (χ1) is 6.88. The smallest absolute Gasteiger partial charge is 0.355 e. The van der Waals surface area contributed by atoms with Gasteiger partial charge in [-0.05, 0) is 6.92 Å². The van der Waals surface area contributed by atoms with Gasteiger partial charge in [-0.2, -0.15) is 0 Å². The van der Waals surface area contributed by atoms with Crippen molar-refractivity contribution in [1.29, 1.82) is 0 Å². The Kier molecular flexibility index (Phi) is 3.11. The van der Waals surface area contributed by atoms with Crippen molar-refractivity contribution >= 4 is 11.9 Å². The van der Waals surface area contributed by atoms with Gasteiger partial charge in [-0.25, -0.2) is 9.59 Å². The number of hydrogen-bond donors (Lipinski definition) is 3. The van der Waals surface area contributed by atoms with E-state index in [0.29, 0.717) is 0 Å². The SMILES string of the molecule is C=C(C)C(=O)OC1CCN[C@]1(O)C(=O)O. The third kappa shape index (κ3) is 2.16. The second-order valence-electron chi connectivity index (χ2n) is 3.46. The minimum Gasteiger partial charge on any atom is -0.478 e. The monoisotopic (exact) mass is 215 g/mol. The molecule has 1 rings (SSSR count). The summed E-state index contributed by atoms with van der Waals surface area (Å²) in [6.45, 7) is 5.09. The summed E-state index contributed by atoms with van der Waals surface area (Å²) < 4.78 is 4.82. The lowest BCUT2D eigenvalue weighted by Crippen LogP contribution is -2.55. The molecule has 1 heterocycles. The molecule has 0 bridgehead atoms. The molecule has 1 aliphatic rings. The van der Waals surface area contributed by atoms with Gasteiger partial charge in [-0.3, -0.25) is 5.32 Å². The fourth-order valence-electron chi connectivity index (χ4n) is 1.30. The highest BCUT2D eigenvalue weighted by Crippen LogP contribution is 2.21. The molecule has 0 aromatic heterocycles. The maximum absolute atomic E-state index is 11.2. The average molecular weight is 215 g/mol. The van der Waals surface area contributed by atoms with E-state index in [2.05, 4.69) is 11.9 Å². The van der Waals surface area contributed by atoms with Gasteiger partial charge in [-0.15, -0.1) is 0 Å². The van der Waals surface area contributed by atoms with Crippen molar-refractivity contribution in [3.63, 3.8) is 0 Å². The van der Waals surface area contributed by atoms with Gasteiger partial charge in [0.1, 0.15) is 0 Å². The maximum atomic E-state index is 11.2. The van der Waals surface area contributed by atoms with E-state index >= 15 is 0 Å². The number of hydrogen-bond acceptors (Lipinski definition) is 5. The number of ether oxygens (including phenoxy) is 1. The molecule has 6 heteroatoms. The van der Waals surface area contributed by atoms with Gasteiger partial charge in [-0.1, -0.05) is 6.58 Å². The van der Waals surface area contributed by atoms with Crippen molar-refractivity contribution in [3.8, 4) is 0 Å². The highest BCUT2D eigenvalue weighted by atomic mass is 16.6. The lowest BCUT2D eigenvalue weighted by atomic mass is 10.1. The molecule has 2 atom stereocenters. The van der Waals surface area contributed by atoms with E-state index in [1.54, 1.807) is 0 Å². The van der Waals surface area contributed by atoms with Gasteiger partial charge < -0.3 is 14.9 Å². The van der Waals surface area contributed by atoms with Gasteiger partial charge in [0.05, 0.1) is 0 Å². The number of aliphatic carboxylic acids is 1. The molecule has 0 aliphatic carbocycles. The molecule has 0 amide bonds. The zero-order chi connectivity index (χ0) is 11.6. The van der Waals surface area contributed by atoms with Crippen molar-refractivity contribution in [2.45, 2.75) is 25.2 Å². The fraction of sp³-hybridized carbons (Fsp3) is 0.556. The summed E-state index contributed by atoms with van der Waals surface area (Å²) in [4.78, 5) is 21.9. The minimum absolute atomic E-state index is 0.162. The molecule has 0 spiro atoms. The Morgan fingerprint density at radius 1 is 1.60 bits per heavy atom. The number of rotatable bonds is 3. The van der Waals surface area contributed by atoms with Crippen molar-refractivity contribution in [1.82, 2.24) is 5.32 Å². The highest BCUT2D eigenvalue weighted by Gasteiger charge is 2.50. The first-order valence-electron chi connectivity index (χ1n) is 4.45. The largest absolute Gasteiger partial charge is 0.478 e. The highest BCUT2D eigenvalue weighted by molar-refractivity contribution is 5.88. The lowest BCUT2D eigenvalue weighted by Gasteiger charge is -2.24. The molecule has 84 valence electrons. The number of carboxylic acids is 1. The van der Waals surface area contributed by atoms with Gasteiger partial charge in [0.15, 0.2) is 6.10 Å². The van der Waals surface area contributed by atoms with E-state index in [0.717, 1.165) is 0 Å². The Balaban J connectivity index is 2.74. The normalized spacial score (nSPS) is 29.9. The molecule has 0 aromatic carbocycles. The predicted molar refractivity (Wildman–Crippen MR) is 49.9 cm³/mol. The first-order valence-corrected chi connectivity index (χ1v) is 4.45. The van der Waals surface area contributed by atoms with E-state index in [1.807, 2.05) is 0 Å². The quantitative estimate of drug-likeness (QED) is 0.423. The summed E-state index contributed by atoms with van der Waals surface area (Å²) in [5.74, 6) is -2.16. The molecule has 1 saturated heterocycles. The molecule has 6 nitrogen and oxygen atoms in total. The van der Waals surface area contributed by atoms with Crippen LogP contribution in [0.5, 0.6) is 0 Å². The zero-order valence-electron chi connectivity index (χ0n) is 8.32. The van der Waals surface area contributed by atoms with Crippen LogP contribution in [0.3, 0.4) is 0 Å². The predicted octanol–water partition coefficient (Wildman–Crippen LogP) is -0.759. The summed E-state index contributed by atoms with van der Waals surface area (Å²) in [6, 6.07) is 0. The average Bonchev–Trinajstić information content (AvgIpc) is 2.49. The molecule has 3 N–H and O–H groups in total. The number of aliphatic hydroxyl groups is 1. The van der Waals surface area contributed by atoms with E-state index in [4.69, 9.17) is 9.84 Å². The third-order valence-electron chi connectivity index (χ3n) is 2.19. The number of carboxylic acid groups (broad SMARTS) is 1.